The number of esters is 3. The maximum atomic E-state index is 12.7. The van der Waals surface area contributed by atoms with Gasteiger partial charge >= 0.3 is 17.9 Å². The lowest BCUT2D eigenvalue weighted by Crippen LogP contribution is -2.30. The van der Waals surface area contributed by atoms with Crippen LogP contribution in [-0.2, 0) is 28.6 Å². The van der Waals surface area contributed by atoms with Gasteiger partial charge in [-0.1, -0.05) is 231 Å². The minimum Gasteiger partial charge on any atom is -0.462 e. The molecule has 0 aliphatic heterocycles. The van der Waals surface area contributed by atoms with E-state index in [9.17, 15) is 14.4 Å². The largest absolute Gasteiger partial charge is 0.462 e. The molecule has 6 heteroatoms. The molecule has 0 aromatic heterocycles. The lowest BCUT2D eigenvalue weighted by molar-refractivity contribution is -0.166. The van der Waals surface area contributed by atoms with E-state index in [-0.39, 0.29) is 31.6 Å². The van der Waals surface area contributed by atoms with Crippen LogP contribution in [0.5, 0.6) is 0 Å². The lowest BCUT2D eigenvalue weighted by atomic mass is 10.1. The van der Waals surface area contributed by atoms with Gasteiger partial charge in [-0.15, -0.1) is 0 Å². The highest BCUT2D eigenvalue weighted by Crippen LogP contribution is 2.13. The van der Waals surface area contributed by atoms with E-state index >= 15 is 0 Å². The molecule has 0 radical (unpaired) electrons. The van der Waals surface area contributed by atoms with Gasteiger partial charge in [0.1, 0.15) is 13.2 Å². The molecule has 0 aromatic carbocycles. The molecule has 0 aromatic rings. The van der Waals surface area contributed by atoms with Crippen molar-refractivity contribution < 1.29 is 28.6 Å². The Bertz CT molecular complexity index is 1480. The Morgan fingerprint density at radius 2 is 0.627 bits per heavy atom. The highest BCUT2D eigenvalue weighted by Gasteiger charge is 2.19. The van der Waals surface area contributed by atoms with E-state index in [1.54, 1.807) is 6.08 Å². The zero-order valence-electron chi connectivity index (χ0n) is 42.9. The monoisotopic (exact) mass is 925 g/mol. The fourth-order valence-electron chi connectivity index (χ4n) is 6.75. The predicted molar refractivity (Wildman–Crippen MR) is 288 cm³/mol. The van der Waals surface area contributed by atoms with Gasteiger partial charge in [-0.2, -0.15) is 0 Å². The highest BCUT2D eigenvalue weighted by atomic mass is 16.6. The topological polar surface area (TPSA) is 78.9 Å². The van der Waals surface area contributed by atoms with Crippen LogP contribution >= 0.6 is 0 Å². The summed E-state index contributed by atoms with van der Waals surface area (Å²) in [5, 5.41) is 0. The summed E-state index contributed by atoms with van der Waals surface area (Å²) in [4.78, 5) is 37.6. The quantitative estimate of drug-likeness (QED) is 0.0262. The van der Waals surface area contributed by atoms with Gasteiger partial charge in [-0.25, -0.2) is 0 Å². The molecular weight excluding hydrogens is 829 g/mol. The van der Waals surface area contributed by atoms with E-state index in [0.29, 0.717) is 19.3 Å². The lowest BCUT2D eigenvalue weighted by Gasteiger charge is -2.18. The molecule has 0 saturated heterocycles. The van der Waals surface area contributed by atoms with Gasteiger partial charge in [0.2, 0.25) is 0 Å². The molecule has 0 heterocycles. The first-order chi connectivity index (χ1) is 33.0. The van der Waals surface area contributed by atoms with Crippen molar-refractivity contribution in [2.75, 3.05) is 13.2 Å². The maximum absolute atomic E-state index is 12.7. The van der Waals surface area contributed by atoms with Crippen LogP contribution in [0.25, 0.3) is 0 Å². The van der Waals surface area contributed by atoms with Crippen LogP contribution in [0, 0.1) is 0 Å². The summed E-state index contributed by atoms with van der Waals surface area (Å²) in [6.07, 6.45) is 76.6. The Hall–Kier alpha value is -4.45. The molecular formula is C61H96O6. The van der Waals surface area contributed by atoms with Gasteiger partial charge in [-0.05, 0) is 96.3 Å². The van der Waals surface area contributed by atoms with Crippen LogP contribution < -0.4 is 0 Å². The van der Waals surface area contributed by atoms with Gasteiger partial charge in [0.15, 0.2) is 6.10 Å². The normalized spacial score (nSPS) is 13.2. The molecule has 0 amide bonds. The van der Waals surface area contributed by atoms with E-state index in [0.717, 1.165) is 122 Å². The van der Waals surface area contributed by atoms with E-state index in [1.165, 1.54) is 44.9 Å². The zero-order chi connectivity index (χ0) is 48.6. The third kappa shape index (κ3) is 52.4. The van der Waals surface area contributed by atoms with E-state index in [1.807, 2.05) is 6.08 Å². The smallest absolute Gasteiger partial charge is 0.310 e. The number of rotatable bonds is 46. The van der Waals surface area contributed by atoms with Gasteiger partial charge < -0.3 is 14.2 Å². The molecule has 67 heavy (non-hydrogen) atoms. The Morgan fingerprint density at radius 1 is 0.328 bits per heavy atom. The second-order valence-corrected chi connectivity index (χ2v) is 17.0. The fraction of sp³-hybridized carbons (Fsp3) is 0.590. The number of hydrogen-bond donors (Lipinski definition) is 0. The summed E-state index contributed by atoms with van der Waals surface area (Å²) in [6.45, 7) is 6.21. The van der Waals surface area contributed by atoms with Crippen LogP contribution in [-0.4, -0.2) is 37.2 Å². The summed E-state index contributed by atoms with van der Waals surface area (Å²) < 4.78 is 16.5. The summed E-state index contributed by atoms with van der Waals surface area (Å²) >= 11 is 0. The predicted octanol–water partition coefficient (Wildman–Crippen LogP) is 17.9. The third-order valence-electron chi connectivity index (χ3n) is 10.7. The molecule has 0 rings (SSSR count). The van der Waals surface area contributed by atoms with E-state index in [4.69, 9.17) is 14.2 Å². The number of carbonyl (C=O) groups is 3. The van der Waals surface area contributed by atoms with Crippen LogP contribution in [0.15, 0.2) is 134 Å². The molecule has 0 spiro atoms. The van der Waals surface area contributed by atoms with Crippen LogP contribution in [0.1, 0.15) is 213 Å². The molecule has 376 valence electrons. The third-order valence-corrected chi connectivity index (χ3v) is 10.7. The Kier molecular flexibility index (Phi) is 50.6. The van der Waals surface area contributed by atoms with Crippen molar-refractivity contribution in [3.63, 3.8) is 0 Å². The second-order valence-electron chi connectivity index (χ2n) is 17.0. The molecule has 1 atom stereocenters. The van der Waals surface area contributed by atoms with Crippen molar-refractivity contribution in [2.45, 2.75) is 219 Å². The average Bonchev–Trinajstić information content (AvgIpc) is 3.33. The Morgan fingerprint density at radius 3 is 0.985 bits per heavy atom. The van der Waals surface area contributed by atoms with Gasteiger partial charge in [-0.3, -0.25) is 14.4 Å². The summed E-state index contributed by atoms with van der Waals surface area (Å²) in [5.41, 5.74) is 0. The van der Waals surface area contributed by atoms with Crippen molar-refractivity contribution >= 4 is 17.9 Å². The average molecular weight is 925 g/mol. The molecule has 1 unspecified atom stereocenters. The van der Waals surface area contributed by atoms with Crippen molar-refractivity contribution in [3.8, 4) is 0 Å². The first-order valence-electron chi connectivity index (χ1n) is 26.7. The molecule has 6 nitrogen and oxygen atoms in total. The Balaban J connectivity index is 4.18. The first kappa shape index (κ1) is 62.5. The molecule has 0 N–H and O–H groups in total. The van der Waals surface area contributed by atoms with Crippen molar-refractivity contribution in [3.05, 3.63) is 134 Å². The minimum atomic E-state index is -0.833. The van der Waals surface area contributed by atoms with Crippen LogP contribution in [0.2, 0.25) is 0 Å². The zero-order valence-corrected chi connectivity index (χ0v) is 42.9. The van der Waals surface area contributed by atoms with Crippen molar-refractivity contribution in [1.82, 2.24) is 0 Å². The SMILES string of the molecule is CC/C=C\C/C=C\C/C=C\C/C=C\C/C=C\C/C=C\CCCCCCCCCCCCC(=O)OCC(COC(=O)CCCCCCC)OC(=O)C/C=C\C/C=C\C/C=C\C/C=C\C/C=C\CC. The highest BCUT2D eigenvalue weighted by molar-refractivity contribution is 5.72. The molecule has 0 saturated carbocycles. The van der Waals surface area contributed by atoms with E-state index < -0.39 is 12.1 Å². The minimum absolute atomic E-state index is 0.0917. The maximum Gasteiger partial charge on any atom is 0.310 e. The molecule has 0 aliphatic carbocycles. The number of carbonyl (C=O) groups excluding carboxylic acids is 3. The summed E-state index contributed by atoms with van der Waals surface area (Å²) in [6, 6.07) is 0. The summed E-state index contributed by atoms with van der Waals surface area (Å²) in [7, 11) is 0. The van der Waals surface area contributed by atoms with Crippen LogP contribution in [0.4, 0.5) is 0 Å². The molecule has 0 fully saturated rings. The number of unbranched alkanes of at least 4 members (excludes halogenated alkanes) is 14. The molecule has 0 aliphatic rings. The van der Waals surface area contributed by atoms with Crippen molar-refractivity contribution in [1.29, 1.82) is 0 Å². The Labute approximate surface area is 411 Å². The first-order valence-corrected chi connectivity index (χ1v) is 26.7. The number of ether oxygens (including phenoxy) is 3. The standard InChI is InChI=1S/C61H96O6/c1-4-7-10-13-15-17-19-21-23-24-25-26-27-28-29-30-31-32-33-34-35-36-38-39-41-43-45-48-51-54-60(63)66-57-58(56-65-59(62)53-50-47-12-9-6-3)67-61(64)55-52-49-46-44-42-40-37-22-20-18-16-14-11-8-5-2/h7-8,10-11,15-18,21-23,25-26,28-29,31-32,37,42,44,49,52,58H,4-6,9,12-14,19-20,24,27,30,33-36,38-41,43,45-48,50-51,53-57H2,1-3H3/b10-7-,11-8-,17-15-,18-16-,23-21-,26-25-,29-28-,32-31-,37-22-,44-42-,52-49-. The van der Waals surface area contributed by atoms with Gasteiger partial charge in [0.05, 0.1) is 6.42 Å². The van der Waals surface area contributed by atoms with Gasteiger partial charge in [0, 0.05) is 12.8 Å². The number of hydrogen-bond acceptors (Lipinski definition) is 6. The fourth-order valence-corrected chi connectivity index (χ4v) is 6.75. The molecule has 0 bridgehead atoms. The van der Waals surface area contributed by atoms with Crippen LogP contribution in [0.3, 0.4) is 0 Å². The number of allylic oxidation sites excluding steroid dienone is 21. The second kappa shape index (κ2) is 54.2. The summed E-state index contributed by atoms with van der Waals surface area (Å²) in [5.74, 6) is -1.08. The van der Waals surface area contributed by atoms with Crippen molar-refractivity contribution in [2.24, 2.45) is 0 Å². The van der Waals surface area contributed by atoms with E-state index in [2.05, 4.69) is 142 Å². The van der Waals surface area contributed by atoms with Gasteiger partial charge in [0.25, 0.3) is 0 Å².